The van der Waals surface area contributed by atoms with Crippen molar-refractivity contribution in [2.45, 2.75) is 39.3 Å². The van der Waals surface area contributed by atoms with Crippen molar-refractivity contribution in [1.29, 1.82) is 0 Å². The first kappa shape index (κ1) is 16.5. The zero-order valence-corrected chi connectivity index (χ0v) is 13.8. The van der Waals surface area contributed by atoms with E-state index in [4.69, 9.17) is 4.74 Å². The maximum absolute atomic E-state index is 12.1. The Labute approximate surface area is 131 Å². The lowest BCUT2D eigenvalue weighted by Gasteiger charge is -2.39. The monoisotopic (exact) mass is 307 g/mol. The molecule has 0 spiro atoms. The molecule has 6 heteroatoms. The van der Waals surface area contributed by atoms with Gasteiger partial charge in [0.25, 0.3) is 0 Å². The van der Waals surface area contributed by atoms with E-state index in [1.807, 2.05) is 33.8 Å². The number of nitrogens with zero attached hydrogens (tertiary/aromatic N) is 2. The number of piperazine rings is 1. The minimum absolute atomic E-state index is 0.0718. The van der Waals surface area contributed by atoms with Crippen molar-refractivity contribution in [2.75, 3.05) is 26.2 Å². The van der Waals surface area contributed by atoms with Gasteiger partial charge in [0.1, 0.15) is 5.60 Å². The zero-order valence-electron chi connectivity index (χ0n) is 13.8. The van der Waals surface area contributed by atoms with Crippen molar-refractivity contribution in [3.63, 3.8) is 0 Å². The number of amides is 1. The number of aromatic amines is 1. The fourth-order valence-electron chi connectivity index (χ4n) is 2.50. The van der Waals surface area contributed by atoms with Gasteiger partial charge in [0.2, 0.25) is 0 Å². The first-order chi connectivity index (χ1) is 10.3. The van der Waals surface area contributed by atoms with Gasteiger partial charge in [0, 0.05) is 31.9 Å². The van der Waals surface area contributed by atoms with Crippen LogP contribution in [0.25, 0.3) is 0 Å². The molecule has 2 rings (SSSR count). The summed E-state index contributed by atoms with van der Waals surface area (Å²) in [6.45, 7) is 9.80. The molecule has 1 N–H and O–H groups in total. The van der Waals surface area contributed by atoms with Crippen molar-refractivity contribution in [3.8, 4) is 0 Å². The number of H-pyrrole nitrogens is 1. The number of nitrogens with one attached hydrogen (secondary N) is 1. The van der Waals surface area contributed by atoms with E-state index in [1.165, 1.54) is 0 Å². The summed E-state index contributed by atoms with van der Waals surface area (Å²) in [6.07, 6.45) is 1.46. The average molecular weight is 307 g/mol. The molecule has 0 radical (unpaired) electrons. The zero-order chi connectivity index (χ0) is 16.3. The first-order valence-corrected chi connectivity index (χ1v) is 7.65. The third-order valence-electron chi connectivity index (χ3n) is 3.66. The molecule has 0 bridgehead atoms. The number of ketones is 1. The first-order valence-electron chi connectivity index (χ1n) is 7.65. The normalized spacial score (nSPS) is 20.0. The summed E-state index contributed by atoms with van der Waals surface area (Å²) in [7, 11) is 0. The molecule has 1 saturated heterocycles. The van der Waals surface area contributed by atoms with Crippen molar-refractivity contribution in [1.82, 2.24) is 14.8 Å². The predicted molar refractivity (Wildman–Crippen MR) is 84.0 cm³/mol. The molecule has 0 aromatic carbocycles. The van der Waals surface area contributed by atoms with Gasteiger partial charge in [-0.2, -0.15) is 0 Å². The van der Waals surface area contributed by atoms with Crippen molar-refractivity contribution < 1.29 is 14.3 Å². The molecule has 2 heterocycles. The van der Waals surface area contributed by atoms with Gasteiger partial charge in [-0.1, -0.05) is 0 Å². The molecule has 0 saturated carbocycles. The van der Waals surface area contributed by atoms with Gasteiger partial charge >= 0.3 is 6.09 Å². The fourth-order valence-corrected chi connectivity index (χ4v) is 2.50. The Bertz CT molecular complexity index is 519. The van der Waals surface area contributed by atoms with Gasteiger partial charge in [0.05, 0.1) is 12.2 Å². The Hall–Kier alpha value is -1.82. The molecule has 0 unspecified atom stereocenters. The van der Waals surface area contributed by atoms with Gasteiger partial charge in [-0.3, -0.25) is 9.69 Å². The third kappa shape index (κ3) is 4.34. The highest BCUT2D eigenvalue weighted by Gasteiger charge is 2.30. The van der Waals surface area contributed by atoms with Gasteiger partial charge in [-0.15, -0.1) is 0 Å². The number of hydrogen-bond donors (Lipinski definition) is 1. The predicted octanol–water partition coefficient (Wildman–Crippen LogP) is 2.14. The summed E-state index contributed by atoms with van der Waals surface area (Å²) < 4.78 is 5.40. The van der Waals surface area contributed by atoms with Crippen LogP contribution in [0.2, 0.25) is 0 Å². The Kier molecular flexibility index (Phi) is 4.90. The molecular weight excluding hydrogens is 282 g/mol. The summed E-state index contributed by atoms with van der Waals surface area (Å²) in [5.74, 6) is 0.0718. The second-order valence-corrected chi connectivity index (χ2v) is 6.75. The topological polar surface area (TPSA) is 65.6 Å². The van der Waals surface area contributed by atoms with E-state index in [2.05, 4.69) is 9.88 Å². The lowest BCUT2D eigenvalue weighted by molar-refractivity contribution is 0.00656. The quantitative estimate of drug-likeness (QED) is 0.869. The van der Waals surface area contributed by atoms with E-state index in [0.717, 1.165) is 0 Å². The number of Topliss-reactive ketones (excluding diaryl/α,β-unsaturated/α-hetero) is 1. The molecule has 1 atom stereocenters. The Balaban J connectivity index is 1.87. The smallest absolute Gasteiger partial charge is 0.410 e. The summed E-state index contributed by atoms with van der Waals surface area (Å²) >= 11 is 0. The van der Waals surface area contributed by atoms with Crippen LogP contribution >= 0.6 is 0 Å². The average Bonchev–Trinajstić information content (AvgIpc) is 2.93. The number of aromatic nitrogens is 1. The van der Waals surface area contributed by atoms with Crippen LogP contribution in [0.5, 0.6) is 0 Å². The maximum Gasteiger partial charge on any atom is 0.410 e. The van der Waals surface area contributed by atoms with Gasteiger partial charge in [-0.05, 0) is 39.8 Å². The Morgan fingerprint density at radius 2 is 2.09 bits per heavy atom. The van der Waals surface area contributed by atoms with E-state index in [1.54, 1.807) is 17.2 Å². The molecule has 1 aromatic rings. The van der Waals surface area contributed by atoms with Crippen LogP contribution in [0.15, 0.2) is 18.3 Å². The standard InChI is InChI=1S/C16H25N3O3/c1-12-10-19(15(21)22-16(2,3)4)9-8-18(12)11-14(20)13-6-5-7-17-13/h5-7,12,17H,8-11H2,1-4H3/t12-/m0/s1. The van der Waals surface area contributed by atoms with Gasteiger partial charge in [0.15, 0.2) is 5.78 Å². The summed E-state index contributed by atoms with van der Waals surface area (Å²) in [4.78, 5) is 31.0. The molecule has 1 amide bonds. The minimum atomic E-state index is -0.485. The summed E-state index contributed by atoms with van der Waals surface area (Å²) in [5, 5.41) is 0. The lowest BCUT2D eigenvalue weighted by atomic mass is 10.1. The van der Waals surface area contributed by atoms with E-state index in [9.17, 15) is 9.59 Å². The number of carbonyl (C=O) groups excluding carboxylic acids is 2. The molecule has 6 nitrogen and oxygen atoms in total. The Morgan fingerprint density at radius 1 is 1.36 bits per heavy atom. The molecule has 1 aliphatic rings. The fraction of sp³-hybridized carbons (Fsp3) is 0.625. The Morgan fingerprint density at radius 3 is 2.64 bits per heavy atom. The van der Waals surface area contributed by atoms with Crippen LogP contribution in [0.3, 0.4) is 0 Å². The van der Waals surface area contributed by atoms with Gasteiger partial charge in [-0.25, -0.2) is 4.79 Å². The summed E-state index contributed by atoms with van der Waals surface area (Å²) in [5.41, 5.74) is 0.142. The van der Waals surface area contributed by atoms with Crippen LogP contribution in [-0.2, 0) is 4.74 Å². The molecule has 1 aromatic heterocycles. The minimum Gasteiger partial charge on any atom is -0.444 e. The maximum atomic E-state index is 12.1. The van der Waals surface area contributed by atoms with Crippen LogP contribution < -0.4 is 0 Å². The van der Waals surface area contributed by atoms with Crippen LogP contribution in [-0.4, -0.2) is 64.5 Å². The van der Waals surface area contributed by atoms with E-state index in [-0.39, 0.29) is 17.9 Å². The second kappa shape index (κ2) is 6.52. The lowest BCUT2D eigenvalue weighted by Crippen LogP contribution is -2.55. The van der Waals surface area contributed by atoms with Crippen LogP contribution in [0.4, 0.5) is 4.79 Å². The van der Waals surface area contributed by atoms with E-state index in [0.29, 0.717) is 31.9 Å². The summed E-state index contributed by atoms with van der Waals surface area (Å²) in [6, 6.07) is 3.72. The van der Waals surface area contributed by atoms with Crippen molar-refractivity contribution in [2.24, 2.45) is 0 Å². The highest BCUT2D eigenvalue weighted by atomic mass is 16.6. The van der Waals surface area contributed by atoms with Crippen molar-refractivity contribution >= 4 is 11.9 Å². The van der Waals surface area contributed by atoms with Crippen LogP contribution in [0.1, 0.15) is 38.2 Å². The SMILES string of the molecule is C[C@H]1CN(C(=O)OC(C)(C)C)CCN1CC(=O)c1ccc[nH]1. The van der Waals surface area contributed by atoms with E-state index < -0.39 is 5.60 Å². The number of rotatable bonds is 3. The molecule has 122 valence electrons. The molecule has 22 heavy (non-hydrogen) atoms. The molecular formula is C16H25N3O3. The number of carbonyl (C=O) groups is 2. The second-order valence-electron chi connectivity index (χ2n) is 6.75. The highest BCUT2D eigenvalue weighted by molar-refractivity contribution is 5.95. The highest BCUT2D eigenvalue weighted by Crippen LogP contribution is 2.15. The number of ether oxygens (including phenoxy) is 1. The van der Waals surface area contributed by atoms with Crippen LogP contribution in [0, 0.1) is 0 Å². The molecule has 1 aliphatic heterocycles. The van der Waals surface area contributed by atoms with E-state index >= 15 is 0 Å². The molecule has 1 fully saturated rings. The third-order valence-corrected chi connectivity index (χ3v) is 3.66. The number of hydrogen-bond acceptors (Lipinski definition) is 4. The van der Waals surface area contributed by atoms with Crippen molar-refractivity contribution in [3.05, 3.63) is 24.0 Å². The molecule has 0 aliphatic carbocycles. The largest absolute Gasteiger partial charge is 0.444 e. The van der Waals surface area contributed by atoms with Gasteiger partial charge < -0.3 is 14.6 Å².